The van der Waals surface area contributed by atoms with Crippen LogP contribution >= 0.6 is 0 Å². The predicted octanol–water partition coefficient (Wildman–Crippen LogP) is 18.9. The number of esters is 3. The van der Waals surface area contributed by atoms with Crippen LogP contribution in [0.3, 0.4) is 0 Å². The van der Waals surface area contributed by atoms with Crippen LogP contribution in [0.2, 0.25) is 0 Å². The van der Waals surface area contributed by atoms with Gasteiger partial charge in [-0.15, -0.1) is 0 Å². The lowest BCUT2D eigenvalue weighted by Gasteiger charge is -2.18. The van der Waals surface area contributed by atoms with Crippen LogP contribution < -0.4 is 0 Å². The summed E-state index contributed by atoms with van der Waals surface area (Å²) in [6.07, 6.45) is 64.2. The molecule has 0 amide bonds. The third-order valence-corrected chi connectivity index (χ3v) is 12.6. The van der Waals surface area contributed by atoms with E-state index in [-0.39, 0.29) is 31.1 Å². The van der Waals surface area contributed by atoms with Crippen molar-refractivity contribution < 1.29 is 28.6 Å². The van der Waals surface area contributed by atoms with E-state index in [0.717, 1.165) is 70.6 Å². The lowest BCUT2D eigenvalue weighted by molar-refractivity contribution is -0.167. The van der Waals surface area contributed by atoms with Crippen LogP contribution in [-0.2, 0) is 28.6 Å². The molecule has 0 bridgehead atoms. The number of unbranched alkanes of at least 4 members (excludes halogenated alkanes) is 35. The molecule has 0 saturated carbocycles. The van der Waals surface area contributed by atoms with Gasteiger partial charge in [0.15, 0.2) is 6.10 Å². The molecular formula is C59H108O6. The topological polar surface area (TPSA) is 78.9 Å². The number of rotatable bonds is 52. The highest BCUT2D eigenvalue weighted by molar-refractivity contribution is 5.71. The highest BCUT2D eigenvalue weighted by atomic mass is 16.6. The Morgan fingerprint density at radius 2 is 0.538 bits per heavy atom. The van der Waals surface area contributed by atoms with Gasteiger partial charge in [0, 0.05) is 19.3 Å². The van der Waals surface area contributed by atoms with Crippen LogP contribution in [0.4, 0.5) is 0 Å². The number of ether oxygens (including phenoxy) is 3. The van der Waals surface area contributed by atoms with E-state index in [9.17, 15) is 14.4 Å². The molecule has 0 N–H and O–H groups in total. The van der Waals surface area contributed by atoms with Crippen molar-refractivity contribution in [1.82, 2.24) is 0 Å². The highest BCUT2D eigenvalue weighted by Gasteiger charge is 2.19. The molecule has 0 aliphatic rings. The number of hydrogen-bond donors (Lipinski definition) is 0. The van der Waals surface area contributed by atoms with E-state index in [1.54, 1.807) is 0 Å². The quantitative estimate of drug-likeness (QED) is 0.0262. The fraction of sp³-hybridized carbons (Fsp3) is 0.847. The zero-order valence-electron chi connectivity index (χ0n) is 43.5. The van der Waals surface area contributed by atoms with Crippen LogP contribution in [0, 0.1) is 0 Å². The van der Waals surface area contributed by atoms with Crippen molar-refractivity contribution in [1.29, 1.82) is 0 Å². The SMILES string of the molecule is CCC/C=C\CCCCCCCC(=O)OCC(COC(=O)CCCCCCCCCCC/C=C\CCCCCCCC)OC(=O)CCCCCCCCC/C=C\CCCCCCCCC. The van der Waals surface area contributed by atoms with Crippen molar-refractivity contribution in [3.8, 4) is 0 Å². The normalized spacial score (nSPS) is 12.2. The van der Waals surface area contributed by atoms with Gasteiger partial charge < -0.3 is 14.2 Å². The van der Waals surface area contributed by atoms with E-state index >= 15 is 0 Å². The van der Waals surface area contributed by atoms with Gasteiger partial charge >= 0.3 is 17.9 Å². The van der Waals surface area contributed by atoms with Crippen LogP contribution in [0.25, 0.3) is 0 Å². The lowest BCUT2D eigenvalue weighted by atomic mass is 10.1. The Morgan fingerprint density at radius 3 is 0.831 bits per heavy atom. The first kappa shape index (κ1) is 62.6. The van der Waals surface area contributed by atoms with Crippen LogP contribution in [-0.4, -0.2) is 37.2 Å². The second kappa shape index (κ2) is 54.2. The summed E-state index contributed by atoms with van der Waals surface area (Å²) in [6.45, 7) is 6.59. The molecule has 65 heavy (non-hydrogen) atoms. The summed E-state index contributed by atoms with van der Waals surface area (Å²) in [5, 5.41) is 0. The Hall–Kier alpha value is -2.37. The number of allylic oxidation sites excluding steroid dienone is 6. The van der Waals surface area contributed by atoms with Gasteiger partial charge in [-0.25, -0.2) is 0 Å². The zero-order valence-corrected chi connectivity index (χ0v) is 43.5. The first-order valence-electron chi connectivity index (χ1n) is 28.5. The third-order valence-electron chi connectivity index (χ3n) is 12.6. The van der Waals surface area contributed by atoms with Crippen LogP contribution in [0.1, 0.15) is 303 Å². The van der Waals surface area contributed by atoms with Crippen molar-refractivity contribution in [2.45, 2.75) is 309 Å². The molecule has 1 unspecified atom stereocenters. The summed E-state index contributed by atoms with van der Waals surface area (Å²) in [4.78, 5) is 38.0. The average molecular weight is 914 g/mol. The highest BCUT2D eigenvalue weighted by Crippen LogP contribution is 2.16. The summed E-state index contributed by atoms with van der Waals surface area (Å²) in [6, 6.07) is 0. The molecule has 0 spiro atoms. The summed E-state index contributed by atoms with van der Waals surface area (Å²) in [5.41, 5.74) is 0. The molecule has 0 aromatic heterocycles. The predicted molar refractivity (Wildman–Crippen MR) is 279 cm³/mol. The maximum atomic E-state index is 12.8. The van der Waals surface area contributed by atoms with Gasteiger partial charge in [-0.05, 0) is 89.9 Å². The molecule has 6 heteroatoms. The number of carbonyl (C=O) groups is 3. The van der Waals surface area contributed by atoms with E-state index in [4.69, 9.17) is 14.2 Å². The molecule has 0 heterocycles. The molecule has 1 atom stereocenters. The maximum absolute atomic E-state index is 12.8. The van der Waals surface area contributed by atoms with Gasteiger partial charge in [0.2, 0.25) is 0 Å². The van der Waals surface area contributed by atoms with Gasteiger partial charge in [0.25, 0.3) is 0 Å². The smallest absolute Gasteiger partial charge is 0.306 e. The molecule has 0 aromatic carbocycles. The van der Waals surface area contributed by atoms with E-state index in [2.05, 4.69) is 57.2 Å². The fourth-order valence-corrected chi connectivity index (χ4v) is 8.26. The lowest BCUT2D eigenvalue weighted by Crippen LogP contribution is -2.30. The van der Waals surface area contributed by atoms with Gasteiger partial charge in [-0.2, -0.15) is 0 Å². The number of carbonyl (C=O) groups excluding carboxylic acids is 3. The summed E-state index contributed by atoms with van der Waals surface area (Å²) >= 11 is 0. The van der Waals surface area contributed by atoms with Crippen molar-refractivity contribution in [3.05, 3.63) is 36.5 Å². The minimum Gasteiger partial charge on any atom is -0.462 e. The Bertz CT molecular complexity index is 1090. The minimum absolute atomic E-state index is 0.0756. The molecular weight excluding hydrogens is 805 g/mol. The summed E-state index contributed by atoms with van der Waals surface area (Å²) in [5.74, 6) is -0.880. The van der Waals surface area contributed by atoms with Crippen molar-refractivity contribution in [2.24, 2.45) is 0 Å². The Labute approximate surface area is 404 Å². The van der Waals surface area contributed by atoms with E-state index < -0.39 is 6.10 Å². The van der Waals surface area contributed by atoms with Gasteiger partial charge in [-0.3, -0.25) is 14.4 Å². The maximum Gasteiger partial charge on any atom is 0.306 e. The van der Waals surface area contributed by atoms with Crippen molar-refractivity contribution >= 4 is 17.9 Å². The second-order valence-electron chi connectivity index (χ2n) is 19.2. The van der Waals surface area contributed by atoms with Crippen molar-refractivity contribution in [3.63, 3.8) is 0 Å². The zero-order chi connectivity index (χ0) is 47.2. The second-order valence-corrected chi connectivity index (χ2v) is 19.2. The molecule has 0 rings (SSSR count). The molecule has 0 saturated heterocycles. The van der Waals surface area contributed by atoms with E-state index in [1.165, 1.54) is 193 Å². The molecule has 0 radical (unpaired) electrons. The van der Waals surface area contributed by atoms with Gasteiger partial charge in [0.05, 0.1) is 0 Å². The monoisotopic (exact) mass is 913 g/mol. The number of hydrogen-bond acceptors (Lipinski definition) is 6. The standard InChI is InChI=1S/C59H108O6/c1-4-7-10-13-16-19-22-24-26-28-30-32-33-35-37-40-43-46-49-52-58(61)64-55-56(54-63-57(60)51-48-45-42-39-21-18-15-12-9-6-3)65-59(62)53-50-47-44-41-38-36-34-31-29-27-25-23-20-17-14-11-8-5-2/h12,15,24,26-27,29,56H,4-11,13-14,16-23,25,28,30-55H2,1-3H3/b15-12-,26-24-,29-27-. The van der Waals surface area contributed by atoms with Gasteiger partial charge in [-0.1, -0.05) is 231 Å². The first-order chi connectivity index (χ1) is 32.0. The molecule has 0 aliphatic heterocycles. The fourth-order valence-electron chi connectivity index (χ4n) is 8.26. The Balaban J connectivity index is 4.29. The summed E-state index contributed by atoms with van der Waals surface area (Å²) < 4.78 is 16.8. The van der Waals surface area contributed by atoms with E-state index in [1.807, 2.05) is 0 Å². The van der Waals surface area contributed by atoms with Crippen LogP contribution in [0.5, 0.6) is 0 Å². The first-order valence-corrected chi connectivity index (χ1v) is 28.5. The van der Waals surface area contributed by atoms with Gasteiger partial charge in [0.1, 0.15) is 13.2 Å². The minimum atomic E-state index is -0.776. The Morgan fingerprint density at radius 1 is 0.292 bits per heavy atom. The van der Waals surface area contributed by atoms with Crippen molar-refractivity contribution in [2.75, 3.05) is 13.2 Å². The Kier molecular flexibility index (Phi) is 52.3. The largest absolute Gasteiger partial charge is 0.462 e. The summed E-state index contributed by atoms with van der Waals surface area (Å²) in [7, 11) is 0. The van der Waals surface area contributed by atoms with E-state index in [0.29, 0.717) is 19.3 Å². The molecule has 6 nitrogen and oxygen atoms in total. The average Bonchev–Trinajstić information content (AvgIpc) is 3.30. The molecule has 0 aliphatic carbocycles. The third kappa shape index (κ3) is 52.5. The molecule has 0 fully saturated rings. The molecule has 380 valence electrons. The van der Waals surface area contributed by atoms with Crippen LogP contribution in [0.15, 0.2) is 36.5 Å². The molecule has 0 aromatic rings.